The summed E-state index contributed by atoms with van der Waals surface area (Å²) in [5, 5.41) is 13.9. The van der Waals surface area contributed by atoms with Gasteiger partial charge in [-0.15, -0.1) is 0 Å². The van der Waals surface area contributed by atoms with Crippen molar-refractivity contribution in [2.45, 2.75) is 19.4 Å². The van der Waals surface area contributed by atoms with Crippen molar-refractivity contribution in [2.24, 2.45) is 0 Å². The lowest BCUT2D eigenvalue weighted by Gasteiger charge is -2.06. The largest absolute Gasteiger partial charge is 0.387 e. The fourth-order valence-electron chi connectivity index (χ4n) is 1.49. The normalized spacial score (nSPS) is 13.3. The van der Waals surface area contributed by atoms with Gasteiger partial charge >= 0.3 is 0 Å². The molecule has 0 aliphatic heterocycles. The summed E-state index contributed by atoms with van der Waals surface area (Å²) in [6, 6.07) is 1.81. The third kappa shape index (κ3) is 1.59. The monoisotopic (exact) mass is 270 g/mol. The van der Waals surface area contributed by atoms with Crippen molar-refractivity contribution in [3.05, 3.63) is 22.6 Å². The summed E-state index contributed by atoms with van der Waals surface area (Å²) in [5.74, 6) is 0.395. The van der Waals surface area contributed by atoms with E-state index < -0.39 is 6.10 Å². The average molecular weight is 271 g/mol. The maximum absolute atomic E-state index is 9.79. The zero-order valence-electron chi connectivity index (χ0n) is 8.18. The Morgan fingerprint density at radius 3 is 3.07 bits per heavy atom. The fraction of sp³-hybridized carbons (Fsp3) is 0.333. The number of hydrogen-bond acceptors (Lipinski definition) is 4. The second-order valence-corrected chi connectivity index (χ2v) is 4.10. The Morgan fingerprint density at radius 2 is 2.40 bits per heavy atom. The van der Waals surface area contributed by atoms with Gasteiger partial charge in [0.05, 0.1) is 11.8 Å². The number of fused-ring (bicyclic) bond motifs is 1. The third-order valence-corrected chi connectivity index (χ3v) is 2.90. The molecule has 0 aromatic carbocycles. The van der Waals surface area contributed by atoms with Crippen LogP contribution in [0, 0.1) is 0 Å². The SMILES string of the molecule is CCC(O)c1cc(Br)c2c(N)ncnn12. The smallest absolute Gasteiger partial charge is 0.152 e. The average Bonchev–Trinajstić information content (AvgIpc) is 2.56. The number of aliphatic hydroxyl groups excluding tert-OH is 1. The molecule has 0 fully saturated rings. The highest BCUT2D eigenvalue weighted by atomic mass is 79.9. The Hall–Kier alpha value is -1.14. The summed E-state index contributed by atoms with van der Waals surface area (Å²) in [6.45, 7) is 1.91. The first kappa shape index (κ1) is 10.4. The molecule has 6 heteroatoms. The number of hydrogen-bond donors (Lipinski definition) is 2. The van der Waals surface area contributed by atoms with Crippen LogP contribution >= 0.6 is 15.9 Å². The van der Waals surface area contributed by atoms with Crippen molar-refractivity contribution >= 4 is 27.3 Å². The van der Waals surface area contributed by atoms with Gasteiger partial charge in [0.25, 0.3) is 0 Å². The van der Waals surface area contributed by atoms with E-state index in [1.807, 2.05) is 13.0 Å². The van der Waals surface area contributed by atoms with E-state index in [1.165, 1.54) is 6.33 Å². The molecule has 0 bridgehead atoms. The van der Waals surface area contributed by atoms with Crippen LogP contribution in [0.4, 0.5) is 5.82 Å². The minimum Gasteiger partial charge on any atom is -0.387 e. The van der Waals surface area contributed by atoms with Gasteiger partial charge in [-0.05, 0) is 28.4 Å². The first-order chi connectivity index (χ1) is 7.15. The Morgan fingerprint density at radius 1 is 1.67 bits per heavy atom. The second-order valence-electron chi connectivity index (χ2n) is 3.25. The highest BCUT2D eigenvalue weighted by Gasteiger charge is 2.16. The van der Waals surface area contributed by atoms with E-state index in [0.29, 0.717) is 23.4 Å². The minimum atomic E-state index is -0.543. The first-order valence-corrected chi connectivity index (χ1v) is 5.40. The Labute approximate surface area is 95.1 Å². The third-order valence-electron chi connectivity index (χ3n) is 2.29. The van der Waals surface area contributed by atoms with E-state index in [9.17, 15) is 5.11 Å². The summed E-state index contributed by atoms with van der Waals surface area (Å²) in [6.07, 6.45) is 1.46. The standard InChI is InChI=1S/C9H11BrN4O/c1-2-7(15)6-3-5(10)8-9(11)12-4-13-14(6)8/h3-4,7,15H,2H2,1H3,(H2,11,12,13). The molecule has 5 nitrogen and oxygen atoms in total. The van der Waals surface area contributed by atoms with Gasteiger partial charge in [-0.25, -0.2) is 9.50 Å². The van der Waals surface area contributed by atoms with Crippen LogP contribution in [0.5, 0.6) is 0 Å². The number of nitrogens with two attached hydrogens (primary N) is 1. The highest BCUT2D eigenvalue weighted by molar-refractivity contribution is 9.10. The van der Waals surface area contributed by atoms with Crippen molar-refractivity contribution in [3.63, 3.8) is 0 Å². The molecule has 2 aromatic rings. The summed E-state index contributed by atoms with van der Waals surface area (Å²) in [5.41, 5.74) is 7.14. The molecular formula is C9H11BrN4O. The number of nitrogens with zero attached hydrogens (tertiary/aromatic N) is 3. The van der Waals surface area contributed by atoms with E-state index in [1.54, 1.807) is 4.52 Å². The van der Waals surface area contributed by atoms with Gasteiger partial charge in [-0.3, -0.25) is 0 Å². The second kappa shape index (κ2) is 3.79. The number of anilines is 1. The quantitative estimate of drug-likeness (QED) is 0.868. The fourth-order valence-corrected chi connectivity index (χ4v) is 2.10. The Bertz CT molecular complexity index is 496. The molecule has 0 saturated carbocycles. The number of rotatable bonds is 2. The molecule has 80 valence electrons. The van der Waals surface area contributed by atoms with Crippen LogP contribution in [-0.4, -0.2) is 19.7 Å². The lowest BCUT2D eigenvalue weighted by Crippen LogP contribution is -2.05. The van der Waals surface area contributed by atoms with Gasteiger partial charge < -0.3 is 10.8 Å². The van der Waals surface area contributed by atoms with Gasteiger partial charge in [0, 0.05) is 4.47 Å². The maximum Gasteiger partial charge on any atom is 0.152 e. The molecule has 15 heavy (non-hydrogen) atoms. The molecular weight excluding hydrogens is 260 g/mol. The summed E-state index contributed by atoms with van der Waals surface area (Å²) in [7, 11) is 0. The zero-order chi connectivity index (χ0) is 11.0. The summed E-state index contributed by atoms with van der Waals surface area (Å²) >= 11 is 3.37. The van der Waals surface area contributed by atoms with E-state index >= 15 is 0 Å². The predicted molar refractivity (Wildman–Crippen MR) is 60.4 cm³/mol. The van der Waals surface area contributed by atoms with Gasteiger partial charge in [0.1, 0.15) is 11.8 Å². The van der Waals surface area contributed by atoms with Crippen molar-refractivity contribution in [2.75, 3.05) is 5.73 Å². The van der Waals surface area contributed by atoms with Gasteiger partial charge in [0.2, 0.25) is 0 Å². The topological polar surface area (TPSA) is 76.4 Å². The molecule has 2 aromatic heterocycles. The van der Waals surface area contributed by atoms with Gasteiger partial charge in [0.15, 0.2) is 5.82 Å². The van der Waals surface area contributed by atoms with Crippen LogP contribution in [0.15, 0.2) is 16.9 Å². The summed E-state index contributed by atoms with van der Waals surface area (Å²) in [4.78, 5) is 3.90. The molecule has 0 aliphatic rings. The van der Waals surface area contributed by atoms with Crippen molar-refractivity contribution in [3.8, 4) is 0 Å². The number of nitrogen functional groups attached to an aromatic ring is 1. The maximum atomic E-state index is 9.79. The molecule has 0 spiro atoms. The lowest BCUT2D eigenvalue weighted by molar-refractivity contribution is 0.166. The van der Waals surface area contributed by atoms with Crippen molar-refractivity contribution in [1.29, 1.82) is 0 Å². The van der Waals surface area contributed by atoms with Gasteiger partial charge in [-0.1, -0.05) is 6.92 Å². The van der Waals surface area contributed by atoms with Crippen LogP contribution in [0.3, 0.4) is 0 Å². The molecule has 0 aliphatic carbocycles. The molecule has 0 saturated heterocycles. The van der Waals surface area contributed by atoms with Crippen LogP contribution in [0.2, 0.25) is 0 Å². The molecule has 3 N–H and O–H groups in total. The van der Waals surface area contributed by atoms with E-state index in [4.69, 9.17) is 5.73 Å². The van der Waals surface area contributed by atoms with Crippen LogP contribution in [0.25, 0.3) is 5.52 Å². The lowest BCUT2D eigenvalue weighted by atomic mass is 10.2. The number of aromatic nitrogens is 3. The Kier molecular flexibility index (Phi) is 2.62. The molecule has 2 rings (SSSR count). The van der Waals surface area contributed by atoms with Crippen molar-refractivity contribution in [1.82, 2.24) is 14.6 Å². The molecule has 0 radical (unpaired) electrons. The highest BCUT2D eigenvalue weighted by Crippen LogP contribution is 2.29. The number of halogens is 1. The molecule has 2 heterocycles. The molecule has 1 unspecified atom stereocenters. The number of aliphatic hydroxyl groups is 1. The molecule has 0 amide bonds. The van der Waals surface area contributed by atoms with E-state index in [2.05, 4.69) is 26.0 Å². The van der Waals surface area contributed by atoms with E-state index in [0.717, 1.165) is 4.47 Å². The van der Waals surface area contributed by atoms with Crippen molar-refractivity contribution < 1.29 is 5.11 Å². The van der Waals surface area contributed by atoms with E-state index in [-0.39, 0.29) is 0 Å². The zero-order valence-corrected chi connectivity index (χ0v) is 9.77. The summed E-state index contributed by atoms with van der Waals surface area (Å²) < 4.78 is 2.41. The van der Waals surface area contributed by atoms with Crippen LogP contribution in [0.1, 0.15) is 25.1 Å². The predicted octanol–water partition coefficient (Wildman–Crippen LogP) is 1.52. The first-order valence-electron chi connectivity index (χ1n) is 4.60. The minimum absolute atomic E-state index is 0.395. The van der Waals surface area contributed by atoms with Crippen LogP contribution < -0.4 is 5.73 Å². The molecule has 1 atom stereocenters. The van der Waals surface area contributed by atoms with Gasteiger partial charge in [-0.2, -0.15) is 5.10 Å². The van der Waals surface area contributed by atoms with Crippen LogP contribution in [-0.2, 0) is 0 Å². The Balaban J connectivity index is 2.73.